The number of rotatable bonds is 18. The molecule has 6 aliphatic rings. The Bertz CT molecular complexity index is 5160. The van der Waals surface area contributed by atoms with Gasteiger partial charge in [0.05, 0.1) is 63.5 Å². The van der Waals surface area contributed by atoms with E-state index in [4.69, 9.17) is 52.0 Å². The Morgan fingerprint density at radius 2 is 1.09 bits per heavy atom. The Morgan fingerprint density at radius 1 is 0.607 bits per heavy atom. The summed E-state index contributed by atoms with van der Waals surface area (Å²) in [5.74, 6) is 8.39. The Labute approximate surface area is 666 Å². The number of anilines is 5. The number of hydrogen-bond donors (Lipinski definition) is 18. The smallest absolute Gasteiger partial charge is 0.320 e. The largest absolute Gasteiger partial charge is 0.463 e. The molecule has 16 rings (SSSR count). The van der Waals surface area contributed by atoms with Gasteiger partial charge in [-0.25, -0.2) is 40.0 Å². The number of Topliss-reactive ketones (excluding diaryl/α,β-unsaturated/α-hetero) is 1. The predicted molar refractivity (Wildman–Crippen MR) is 417 cm³/mol. The van der Waals surface area contributed by atoms with Crippen molar-refractivity contribution in [2.24, 2.45) is 22.9 Å². The summed E-state index contributed by atoms with van der Waals surface area (Å²) in [6.45, 7) is 7.18. The molecular weight excluding hydrogens is 1530 g/mol. The molecule has 1 amide bonds. The third-order valence-corrected chi connectivity index (χ3v) is 20.9. The van der Waals surface area contributed by atoms with E-state index in [0.717, 1.165) is 30.7 Å². The van der Waals surface area contributed by atoms with E-state index >= 15 is 0 Å². The van der Waals surface area contributed by atoms with Crippen LogP contribution in [-0.4, -0.2) is 275 Å². The number of carbonyl (C=O) groups excluding carboxylic acids is 2. The van der Waals surface area contributed by atoms with E-state index in [0.29, 0.717) is 63.9 Å². The third-order valence-electron chi connectivity index (χ3n) is 20.9. The number of carbonyl (C=O) groups is 2. The maximum Gasteiger partial charge on any atom is 0.320 e. The quantitative estimate of drug-likeness (QED) is 0.0277. The van der Waals surface area contributed by atoms with E-state index in [1.165, 1.54) is 125 Å². The monoisotopic (exact) mass is 1620 g/mol. The van der Waals surface area contributed by atoms with E-state index in [-0.39, 0.29) is 69.9 Å². The first-order valence-electron chi connectivity index (χ1n) is 37.8. The second-order valence-corrected chi connectivity index (χ2v) is 28.9. The normalized spacial score (nSPS) is 27.0. The summed E-state index contributed by atoms with van der Waals surface area (Å²) in [6, 6.07) is 8.22. The van der Waals surface area contributed by atoms with Crippen LogP contribution in [0.25, 0.3) is 50.6 Å². The summed E-state index contributed by atoms with van der Waals surface area (Å²) < 4.78 is 34.9. The van der Waals surface area contributed by atoms with Gasteiger partial charge in [-0.05, 0) is 75.5 Å². The van der Waals surface area contributed by atoms with Crippen LogP contribution in [0, 0.1) is 41.9 Å². The van der Waals surface area contributed by atoms with Crippen molar-refractivity contribution in [2.75, 3.05) is 61.8 Å². The summed E-state index contributed by atoms with van der Waals surface area (Å²) in [7, 11) is 1.50. The number of nitrogens with zero attached hydrogens (tertiary/aromatic N) is 19. The Balaban J connectivity index is 0.000000143. The van der Waals surface area contributed by atoms with Gasteiger partial charge in [-0.2, -0.15) is 40.1 Å². The highest BCUT2D eigenvalue weighted by Crippen LogP contribution is 2.38. The number of nitrogen functional groups attached to an aromatic ring is 4. The molecule has 117 heavy (non-hydrogen) atoms. The number of aromatic nitrogens is 18. The van der Waals surface area contributed by atoms with Gasteiger partial charge < -0.3 is 114 Å². The number of hydrogen-bond acceptors (Lipinski definition) is 38. The van der Waals surface area contributed by atoms with Crippen LogP contribution in [0.1, 0.15) is 130 Å². The van der Waals surface area contributed by atoms with Crippen LogP contribution in [0.4, 0.5) is 29.2 Å². The molecule has 22 N–H and O–H groups in total. The Kier molecular flexibility index (Phi) is 27.6. The highest BCUT2D eigenvalue weighted by molar-refractivity contribution is 5.93. The van der Waals surface area contributed by atoms with Crippen molar-refractivity contribution in [1.29, 1.82) is 5.41 Å². The fourth-order valence-electron chi connectivity index (χ4n) is 14.3. The minimum absolute atomic E-state index is 0.0579. The Morgan fingerprint density at radius 3 is 1.59 bits per heavy atom. The van der Waals surface area contributed by atoms with Gasteiger partial charge in [0.2, 0.25) is 11.8 Å². The number of aliphatic hydroxyl groups is 11. The highest BCUT2D eigenvalue weighted by atomic mass is 16.6. The van der Waals surface area contributed by atoms with Crippen molar-refractivity contribution in [3.05, 3.63) is 84.5 Å². The van der Waals surface area contributed by atoms with Crippen molar-refractivity contribution in [3.63, 3.8) is 0 Å². The second kappa shape index (κ2) is 37.9. The van der Waals surface area contributed by atoms with Crippen LogP contribution < -0.4 is 38.4 Å². The summed E-state index contributed by atoms with van der Waals surface area (Å²) in [5.41, 5.74) is 31.9. The number of ketones is 1. The number of fused-ring (bicyclic) bond motifs is 4. The van der Waals surface area contributed by atoms with Gasteiger partial charge in [-0.15, -0.1) is 0 Å². The summed E-state index contributed by atoms with van der Waals surface area (Å²) in [5, 5.41) is 125. The number of aliphatic hydroxyl groups excluding tert-OH is 11. The molecule has 2 aliphatic carbocycles. The molecule has 4 aliphatic heterocycles. The average molecular weight is 1630 g/mol. The van der Waals surface area contributed by atoms with E-state index in [2.05, 4.69) is 106 Å². The number of benzene rings is 1. The standard InChI is InChI=1S/C21H27N5O4.C19H23N5O5.C17H25N7O4.C15H18N8O5.CH3N/c1-11-6-8-13(9-7-11)4-3-5-14-24-19(22)15-20(25-14)26(10-23-15)21-17(29)16(28)18(30-21)12(2)27;1-10-2-4-11(5-3-10)6-7-28-19-22-16(20)13-17(23-19)24(9-21-13)18-15(27)14(26)12(8-25)29-18;18-14-11-15(22-17(21-14)23-20-6-9-4-2-1-3-5-9)24(8-19-11)16-13(27)12(26)10(7-25)28-16;1-17-13(27)6-2-19-23(3-6)15-20-11(16)8-12(21-15)22(5-18-8)14-10(26)9(25)7(4-24)28-14;1-2/h10-11,13,16-18,21,28-29H,4,6-9H2,1-2H3,(H2,22,24,25);2-5,9,12,14-15,18,25-27H,6-8H2,1H3,(H2,20,22,23);6,8-10,12-13,16,25-27H,1-5,7H2,(H3,18,21,22,23);2-3,5,7,9-10,14,24-26H,4H2,1H3,(H,17,27)(H2,16,20,21);2H,1H2/b;;20-6+;;/t11?,13?,16?,17-,18+,21+;12-,14?,15+,18-;10-,12?,13+,16-;7-,9?,10+,14-;/m0111./s1. The maximum absolute atomic E-state index is 11.7. The van der Waals surface area contributed by atoms with Crippen molar-refractivity contribution in [2.45, 2.75) is 190 Å². The number of amides is 1. The first kappa shape index (κ1) is 85.2. The Hall–Kier alpha value is -11.1. The lowest BCUT2D eigenvalue weighted by Gasteiger charge is -2.24. The third kappa shape index (κ3) is 18.7. The molecule has 6 fully saturated rings. The number of aryl methyl sites for hydroxylation is 1. The van der Waals surface area contributed by atoms with Crippen molar-refractivity contribution >= 4 is 98.5 Å². The van der Waals surface area contributed by atoms with Gasteiger partial charge in [0.15, 0.2) is 82.1 Å². The molecule has 626 valence electrons. The van der Waals surface area contributed by atoms with Crippen LogP contribution >= 0.6 is 0 Å². The van der Waals surface area contributed by atoms with Gasteiger partial charge in [-0.3, -0.25) is 27.9 Å². The van der Waals surface area contributed by atoms with Crippen molar-refractivity contribution < 1.29 is 89.4 Å². The van der Waals surface area contributed by atoms with Gasteiger partial charge in [0, 0.05) is 32.3 Å². The van der Waals surface area contributed by atoms with Gasteiger partial charge in [0.1, 0.15) is 89.8 Å². The van der Waals surface area contributed by atoms with E-state index in [1.807, 2.05) is 37.4 Å². The number of imidazole rings is 4. The predicted octanol–water partition coefficient (Wildman–Crippen LogP) is -1.04. The molecule has 0 radical (unpaired) electrons. The lowest BCUT2D eigenvalue weighted by atomic mass is 9.81. The minimum Gasteiger partial charge on any atom is -0.463 e. The van der Waals surface area contributed by atoms with Crippen LogP contribution in [0.3, 0.4) is 0 Å². The van der Waals surface area contributed by atoms with Crippen LogP contribution in [0.5, 0.6) is 6.01 Å². The van der Waals surface area contributed by atoms with Crippen molar-refractivity contribution in [3.8, 4) is 23.8 Å². The lowest BCUT2D eigenvalue weighted by molar-refractivity contribution is -0.133. The highest BCUT2D eigenvalue weighted by Gasteiger charge is 2.49. The first-order valence-corrected chi connectivity index (χ1v) is 37.8. The lowest BCUT2D eigenvalue weighted by Crippen LogP contribution is -2.34. The summed E-state index contributed by atoms with van der Waals surface area (Å²) >= 11 is 0. The minimum atomic E-state index is -1.33. The maximum atomic E-state index is 11.7. The molecule has 13 heterocycles. The van der Waals surface area contributed by atoms with Gasteiger partial charge in [0.25, 0.3) is 11.9 Å². The first-order chi connectivity index (χ1) is 56.3. The van der Waals surface area contributed by atoms with Crippen LogP contribution in [0.15, 0.2) is 67.1 Å². The molecule has 4 unspecified atom stereocenters. The fraction of sp³-hybridized carbons (Fsp3) is 0.521. The molecule has 2 saturated carbocycles. The average Bonchev–Trinajstić information content (AvgIpc) is 1.58. The van der Waals surface area contributed by atoms with Crippen LogP contribution in [0.2, 0.25) is 0 Å². The van der Waals surface area contributed by atoms with Gasteiger partial charge >= 0.3 is 6.01 Å². The van der Waals surface area contributed by atoms with E-state index < -0.39 is 118 Å². The summed E-state index contributed by atoms with van der Waals surface area (Å²) in [6.07, 6.45) is 4.56. The fourth-order valence-corrected chi connectivity index (χ4v) is 14.3. The van der Waals surface area contributed by atoms with Gasteiger partial charge in [-0.1, -0.05) is 74.8 Å². The molecule has 44 heteroatoms. The molecular formula is C73H96N26O18. The second-order valence-electron chi connectivity index (χ2n) is 28.9. The molecule has 4 saturated heterocycles. The molecule has 1 aromatic carbocycles. The molecule has 0 spiro atoms. The molecule has 44 nitrogen and oxygen atoms in total. The van der Waals surface area contributed by atoms with E-state index in [9.17, 15) is 65.8 Å². The molecule has 10 aromatic rings. The number of nitrogens with one attached hydrogen (secondary N) is 3. The van der Waals surface area contributed by atoms with Crippen LogP contribution in [-0.2, 0) is 30.2 Å². The van der Waals surface area contributed by atoms with Crippen molar-refractivity contribution in [1.82, 2.24) is 93.2 Å². The molecule has 16 atom stereocenters. The zero-order chi connectivity index (χ0) is 83.6. The number of hydrazone groups is 1. The SMILES string of the molecule is C=N.CC(=O)[C@H]1O[C@@H](n2cnc3c(N)nc(C#CCC4CCC(C)CC4)nc32)[C@@H](O)C1O.CNC(=O)c1cnn(-c2nc(N)c3ncn([C@@H]4O[C@H](CO)C(O)[C@@H]4O)c3n2)c1.Cc1ccc(CCOc2nc(N)c3ncn([C@@H]4O[C@H](CO)C(O)[C@@H]4O)c3n2)cc1.Nc1nc(N/N=C/C2CCCCC2)nc2c1ncn2[C@@H]1O[C@H](CO)C(O)[C@@H]1O. The summed E-state index contributed by atoms with van der Waals surface area (Å²) in [4.78, 5) is 74.3. The van der Waals surface area contributed by atoms with E-state index in [1.54, 1.807) is 0 Å². The topological polar surface area (TPSA) is 659 Å². The number of nitrogens with two attached hydrogens (primary N) is 4. The zero-order valence-electron chi connectivity index (χ0n) is 64.2. The molecule has 9 aromatic heterocycles. The molecule has 0 bridgehead atoms. The zero-order valence-corrected chi connectivity index (χ0v) is 64.2. The number of ether oxygens (including phenoxy) is 5.